The number of carboxylic acids is 1. The van der Waals surface area contributed by atoms with Crippen molar-refractivity contribution in [1.29, 1.82) is 0 Å². The molecule has 0 amide bonds. The number of hydrogen-bond donors (Lipinski definition) is 1. The monoisotopic (exact) mass is 213 g/mol. The third-order valence-corrected chi connectivity index (χ3v) is 3.00. The van der Waals surface area contributed by atoms with Gasteiger partial charge in [-0.3, -0.25) is 4.79 Å². The van der Waals surface area contributed by atoms with Crippen molar-refractivity contribution in [1.82, 2.24) is 4.98 Å². The summed E-state index contributed by atoms with van der Waals surface area (Å²) < 4.78 is 5.45. The number of thiazole rings is 1. The first-order chi connectivity index (χ1) is 6.75. The molecule has 0 spiro atoms. The Kier molecular flexibility index (Phi) is 2.79. The fourth-order valence-electron chi connectivity index (χ4n) is 1.49. The molecule has 0 bridgehead atoms. The Balaban J connectivity index is 2.05. The zero-order chi connectivity index (χ0) is 9.97. The second-order valence-electron chi connectivity index (χ2n) is 3.24. The van der Waals surface area contributed by atoms with E-state index in [0.717, 1.165) is 25.1 Å². The Morgan fingerprint density at radius 2 is 2.64 bits per heavy atom. The van der Waals surface area contributed by atoms with Gasteiger partial charge in [0.05, 0.1) is 12.1 Å². The van der Waals surface area contributed by atoms with E-state index in [0.29, 0.717) is 5.01 Å². The smallest absolute Gasteiger partial charge is 0.310 e. The molecular formula is C9H11NO3S. The van der Waals surface area contributed by atoms with Gasteiger partial charge in [-0.2, -0.15) is 0 Å². The minimum atomic E-state index is -0.835. The molecule has 2 heterocycles. The highest BCUT2D eigenvalue weighted by Crippen LogP contribution is 2.29. The van der Waals surface area contributed by atoms with Gasteiger partial charge < -0.3 is 9.84 Å². The summed E-state index contributed by atoms with van der Waals surface area (Å²) in [6, 6.07) is 0. The lowest BCUT2D eigenvalue weighted by molar-refractivity contribution is -0.136. The summed E-state index contributed by atoms with van der Waals surface area (Å²) in [4.78, 5) is 14.7. The molecule has 4 nitrogen and oxygen atoms in total. The highest BCUT2D eigenvalue weighted by molar-refractivity contribution is 7.09. The van der Waals surface area contributed by atoms with Crippen LogP contribution in [-0.4, -0.2) is 22.7 Å². The molecule has 1 aromatic rings. The van der Waals surface area contributed by atoms with Crippen molar-refractivity contribution in [2.45, 2.75) is 25.4 Å². The van der Waals surface area contributed by atoms with Gasteiger partial charge in [0.1, 0.15) is 11.1 Å². The third kappa shape index (κ3) is 2.10. The lowest BCUT2D eigenvalue weighted by Crippen LogP contribution is -2.01. The molecule has 1 saturated heterocycles. The fourth-order valence-corrected chi connectivity index (χ4v) is 2.32. The molecule has 76 valence electrons. The molecule has 1 N–H and O–H groups in total. The molecular weight excluding hydrogens is 202 g/mol. The lowest BCUT2D eigenvalue weighted by Gasteiger charge is -2.03. The van der Waals surface area contributed by atoms with E-state index >= 15 is 0 Å². The zero-order valence-electron chi connectivity index (χ0n) is 7.60. The van der Waals surface area contributed by atoms with Crippen LogP contribution in [0.2, 0.25) is 0 Å². The molecule has 1 fully saturated rings. The molecule has 0 radical (unpaired) electrons. The second kappa shape index (κ2) is 4.06. The van der Waals surface area contributed by atoms with E-state index in [1.54, 1.807) is 0 Å². The molecule has 1 unspecified atom stereocenters. The minimum absolute atomic E-state index is 0.0113. The first-order valence-corrected chi connectivity index (χ1v) is 5.41. The number of carboxylic acid groups (broad SMARTS) is 1. The van der Waals surface area contributed by atoms with Crippen LogP contribution in [0.5, 0.6) is 0 Å². The van der Waals surface area contributed by atoms with Gasteiger partial charge in [-0.25, -0.2) is 4.98 Å². The number of carbonyl (C=O) groups is 1. The van der Waals surface area contributed by atoms with Gasteiger partial charge in [-0.15, -0.1) is 11.3 Å². The quantitative estimate of drug-likeness (QED) is 0.828. The van der Waals surface area contributed by atoms with Crippen LogP contribution in [0.4, 0.5) is 0 Å². The third-order valence-electron chi connectivity index (χ3n) is 2.13. The molecule has 0 aliphatic carbocycles. The average Bonchev–Trinajstić information content (AvgIpc) is 2.69. The SMILES string of the molecule is O=C(O)Cc1nc(C2CCCO2)cs1. The average molecular weight is 213 g/mol. The van der Waals surface area contributed by atoms with Crippen molar-refractivity contribution in [3.05, 3.63) is 16.1 Å². The van der Waals surface area contributed by atoms with Crippen LogP contribution in [-0.2, 0) is 16.0 Å². The van der Waals surface area contributed by atoms with Crippen molar-refractivity contribution in [2.75, 3.05) is 6.61 Å². The molecule has 1 aromatic heterocycles. The second-order valence-corrected chi connectivity index (χ2v) is 4.18. The van der Waals surface area contributed by atoms with Crippen molar-refractivity contribution < 1.29 is 14.6 Å². The summed E-state index contributed by atoms with van der Waals surface area (Å²) >= 11 is 1.39. The Labute approximate surface area is 85.5 Å². The van der Waals surface area contributed by atoms with Crippen LogP contribution in [0.1, 0.15) is 29.6 Å². The molecule has 0 aromatic carbocycles. The number of hydrogen-bond acceptors (Lipinski definition) is 4. The number of nitrogens with zero attached hydrogens (tertiary/aromatic N) is 1. The van der Waals surface area contributed by atoms with Gasteiger partial charge in [0.2, 0.25) is 0 Å². The minimum Gasteiger partial charge on any atom is -0.481 e. The van der Waals surface area contributed by atoms with Crippen molar-refractivity contribution in [3.8, 4) is 0 Å². The Bertz CT molecular complexity index is 331. The van der Waals surface area contributed by atoms with Crippen molar-refractivity contribution >= 4 is 17.3 Å². The van der Waals surface area contributed by atoms with Gasteiger partial charge in [-0.05, 0) is 12.8 Å². The predicted octanol–water partition coefficient (Wildman–Crippen LogP) is 1.62. The molecule has 1 atom stereocenters. The maximum absolute atomic E-state index is 10.4. The van der Waals surface area contributed by atoms with E-state index in [1.807, 2.05) is 5.38 Å². The van der Waals surface area contributed by atoms with E-state index in [2.05, 4.69) is 4.98 Å². The molecule has 0 saturated carbocycles. The van der Waals surface area contributed by atoms with Crippen molar-refractivity contribution in [2.24, 2.45) is 0 Å². The van der Waals surface area contributed by atoms with Gasteiger partial charge in [-0.1, -0.05) is 0 Å². The van der Waals surface area contributed by atoms with E-state index in [-0.39, 0.29) is 12.5 Å². The van der Waals surface area contributed by atoms with Gasteiger partial charge in [0.25, 0.3) is 0 Å². The van der Waals surface area contributed by atoms with Crippen LogP contribution in [0.15, 0.2) is 5.38 Å². The van der Waals surface area contributed by atoms with Crippen LogP contribution in [0, 0.1) is 0 Å². The summed E-state index contributed by atoms with van der Waals surface area (Å²) in [6.07, 6.45) is 2.16. The summed E-state index contributed by atoms with van der Waals surface area (Å²) in [5, 5.41) is 11.1. The van der Waals surface area contributed by atoms with E-state index in [9.17, 15) is 4.79 Å². The number of aromatic nitrogens is 1. The maximum atomic E-state index is 10.4. The number of rotatable bonds is 3. The molecule has 5 heteroatoms. The first kappa shape index (κ1) is 9.61. The largest absolute Gasteiger partial charge is 0.481 e. The number of ether oxygens (including phenoxy) is 1. The zero-order valence-corrected chi connectivity index (χ0v) is 8.42. The standard InChI is InChI=1S/C9H11NO3S/c11-9(12)4-8-10-6(5-14-8)7-2-1-3-13-7/h5,7H,1-4H2,(H,11,12). The van der Waals surface area contributed by atoms with Crippen LogP contribution in [0.25, 0.3) is 0 Å². The number of aliphatic carboxylic acids is 1. The lowest BCUT2D eigenvalue weighted by atomic mass is 10.2. The van der Waals surface area contributed by atoms with Crippen LogP contribution in [0.3, 0.4) is 0 Å². The molecule has 1 aliphatic heterocycles. The molecule has 14 heavy (non-hydrogen) atoms. The van der Waals surface area contributed by atoms with Crippen LogP contribution >= 0.6 is 11.3 Å². The van der Waals surface area contributed by atoms with E-state index < -0.39 is 5.97 Å². The Hall–Kier alpha value is -0.940. The Morgan fingerprint density at radius 3 is 3.29 bits per heavy atom. The summed E-state index contributed by atoms with van der Waals surface area (Å²) in [6.45, 7) is 0.788. The first-order valence-electron chi connectivity index (χ1n) is 4.53. The highest BCUT2D eigenvalue weighted by atomic mass is 32.1. The van der Waals surface area contributed by atoms with E-state index in [4.69, 9.17) is 9.84 Å². The summed E-state index contributed by atoms with van der Waals surface area (Å²) in [5.41, 5.74) is 0.892. The summed E-state index contributed by atoms with van der Waals surface area (Å²) in [7, 11) is 0. The summed E-state index contributed by atoms with van der Waals surface area (Å²) in [5.74, 6) is -0.835. The predicted molar refractivity (Wildman–Crippen MR) is 51.4 cm³/mol. The van der Waals surface area contributed by atoms with Crippen LogP contribution < -0.4 is 0 Å². The van der Waals surface area contributed by atoms with Gasteiger partial charge in [0, 0.05) is 12.0 Å². The van der Waals surface area contributed by atoms with Gasteiger partial charge >= 0.3 is 5.97 Å². The maximum Gasteiger partial charge on any atom is 0.310 e. The Morgan fingerprint density at radius 1 is 1.79 bits per heavy atom. The molecule has 1 aliphatic rings. The topological polar surface area (TPSA) is 59.4 Å². The van der Waals surface area contributed by atoms with E-state index in [1.165, 1.54) is 11.3 Å². The van der Waals surface area contributed by atoms with Crippen molar-refractivity contribution in [3.63, 3.8) is 0 Å². The fraction of sp³-hybridized carbons (Fsp3) is 0.556. The molecule has 2 rings (SSSR count). The highest BCUT2D eigenvalue weighted by Gasteiger charge is 2.20. The normalized spacial score (nSPS) is 21.3. The van der Waals surface area contributed by atoms with Gasteiger partial charge in [0.15, 0.2) is 0 Å².